The van der Waals surface area contributed by atoms with Crippen LogP contribution in [0.1, 0.15) is 53.0 Å². The molecular weight excluding hydrogens is 400 g/mol. The summed E-state index contributed by atoms with van der Waals surface area (Å²) in [7, 11) is 0. The van der Waals surface area contributed by atoms with Gasteiger partial charge in [0.25, 0.3) is 0 Å². The highest BCUT2D eigenvalue weighted by atomic mass is 79.9. The van der Waals surface area contributed by atoms with Gasteiger partial charge >= 0.3 is 0 Å². The van der Waals surface area contributed by atoms with Crippen LogP contribution in [-0.2, 0) is 13.0 Å². The lowest BCUT2D eigenvalue weighted by atomic mass is 9.92. The van der Waals surface area contributed by atoms with Gasteiger partial charge in [-0.25, -0.2) is 0 Å². The summed E-state index contributed by atoms with van der Waals surface area (Å²) in [5.74, 6) is 0. The van der Waals surface area contributed by atoms with E-state index in [9.17, 15) is 0 Å². The van der Waals surface area contributed by atoms with Gasteiger partial charge in [0.2, 0.25) is 0 Å². The molecule has 0 bridgehead atoms. The molecule has 0 aliphatic heterocycles. The van der Waals surface area contributed by atoms with Gasteiger partial charge in [-0.2, -0.15) is 0 Å². The van der Waals surface area contributed by atoms with Crippen LogP contribution in [0.15, 0.2) is 67.0 Å². The van der Waals surface area contributed by atoms with E-state index in [1.54, 1.807) is 6.20 Å². The fourth-order valence-electron chi connectivity index (χ4n) is 3.62. The average Bonchev–Trinajstić information content (AvgIpc) is 2.73. The van der Waals surface area contributed by atoms with E-state index in [4.69, 9.17) is 5.73 Å². The van der Waals surface area contributed by atoms with Crippen LogP contribution in [-0.4, -0.2) is 9.97 Å². The predicted molar refractivity (Wildman–Crippen MR) is 114 cm³/mol. The first-order valence-corrected chi connectivity index (χ1v) is 9.24. The molecule has 0 spiro atoms. The number of aromatic nitrogens is 2. The van der Waals surface area contributed by atoms with Crippen molar-refractivity contribution < 1.29 is 0 Å². The van der Waals surface area contributed by atoms with Crippen molar-refractivity contribution in [3.05, 3.63) is 95.1 Å². The molecule has 3 N–H and O–H groups in total. The van der Waals surface area contributed by atoms with Gasteiger partial charge in [0.1, 0.15) is 0 Å². The molecule has 5 heteroatoms. The number of hydrogen-bond donors (Lipinski definition) is 2. The maximum absolute atomic E-state index is 6.32. The summed E-state index contributed by atoms with van der Waals surface area (Å²) in [4.78, 5) is 8.95. The summed E-state index contributed by atoms with van der Waals surface area (Å²) >= 11 is 0. The maximum Gasteiger partial charge on any atom is 0.0726 e. The Kier molecular flexibility index (Phi) is 6.72. The second kappa shape index (κ2) is 9.22. The largest absolute Gasteiger partial charge is 0.319 e. The molecule has 0 saturated heterocycles. The molecule has 1 aromatic carbocycles. The molecule has 1 aliphatic carbocycles. The van der Waals surface area contributed by atoms with Gasteiger partial charge < -0.3 is 11.1 Å². The van der Waals surface area contributed by atoms with Crippen LogP contribution in [0.5, 0.6) is 0 Å². The minimum atomic E-state index is -0.187. The maximum atomic E-state index is 6.32. The third kappa shape index (κ3) is 4.61. The van der Waals surface area contributed by atoms with E-state index < -0.39 is 0 Å². The van der Waals surface area contributed by atoms with Crippen LogP contribution in [0.25, 0.3) is 0 Å². The third-order valence-electron chi connectivity index (χ3n) is 5.09. The Hall–Kier alpha value is -2.08. The highest BCUT2D eigenvalue weighted by molar-refractivity contribution is 8.93. The molecule has 0 saturated carbocycles. The van der Waals surface area contributed by atoms with Crippen LogP contribution >= 0.6 is 17.0 Å². The molecule has 27 heavy (non-hydrogen) atoms. The average molecular weight is 425 g/mol. The van der Waals surface area contributed by atoms with Crippen LogP contribution in [0.2, 0.25) is 0 Å². The van der Waals surface area contributed by atoms with Crippen molar-refractivity contribution in [1.82, 2.24) is 15.3 Å². The van der Waals surface area contributed by atoms with E-state index in [-0.39, 0.29) is 23.0 Å². The molecule has 0 amide bonds. The van der Waals surface area contributed by atoms with Crippen molar-refractivity contribution in [2.24, 2.45) is 5.73 Å². The number of aryl methyl sites for hydroxylation is 1. The molecule has 2 atom stereocenters. The SMILES string of the molecule is Br.NC(c1ccc(CNC2CCCc3cccnc32)cc1)c1ccccn1. The van der Waals surface area contributed by atoms with Gasteiger partial charge in [-0.3, -0.25) is 9.97 Å². The molecule has 0 radical (unpaired) electrons. The van der Waals surface area contributed by atoms with Crippen molar-refractivity contribution >= 4 is 17.0 Å². The van der Waals surface area contributed by atoms with Crippen LogP contribution in [0.3, 0.4) is 0 Å². The Morgan fingerprint density at radius 1 is 1.00 bits per heavy atom. The minimum absolute atomic E-state index is 0. The molecule has 2 unspecified atom stereocenters. The van der Waals surface area contributed by atoms with Crippen LogP contribution in [0, 0.1) is 0 Å². The first-order chi connectivity index (χ1) is 12.8. The molecule has 3 aromatic rings. The standard InChI is InChI=1S/C22H24N4.BrH/c23-21(19-7-1-2-13-24-19)17-11-9-16(10-12-17)15-26-20-8-3-5-18-6-4-14-25-22(18)20;/h1-2,4,6-7,9-14,20-21,26H,3,5,8,15,23H2;1H. The molecule has 0 fully saturated rings. The third-order valence-corrected chi connectivity index (χ3v) is 5.09. The highest BCUT2D eigenvalue weighted by Crippen LogP contribution is 2.28. The van der Waals surface area contributed by atoms with Gasteiger partial charge in [-0.1, -0.05) is 36.4 Å². The number of nitrogens with one attached hydrogen (secondary N) is 1. The number of hydrogen-bond acceptors (Lipinski definition) is 4. The molecule has 4 nitrogen and oxygen atoms in total. The Balaban J connectivity index is 0.00000210. The first kappa shape index (κ1) is 19.7. The molecule has 2 heterocycles. The summed E-state index contributed by atoms with van der Waals surface area (Å²) in [6.07, 6.45) is 7.18. The van der Waals surface area contributed by atoms with E-state index in [0.717, 1.165) is 30.6 Å². The van der Waals surface area contributed by atoms with Crippen molar-refractivity contribution in [2.45, 2.75) is 37.9 Å². The summed E-state index contributed by atoms with van der Waals surface area (Å²) < 4.78 is 0. The second-order valence-electron chi connectivity index (χ2n) is 6.85. The predicted octanol–water partition coefficient (Wildman–Crippen LogP) is 4.27. The Morgan fingerprint density at radius 3 is 2.59 bits per heavy atom. The van der Waals surface area contributed by atoms with Gasteiger partial charge in [0, 0.05) is 18.9 Å². The number of nitrogens with two attached hydrogens (primary N) is 1. The molecule has 4 rings (SSSR count). The van der Waals surface area contributed by atoms with Gasteiger partial charge in [-0.15, -0.1) is 17.0 Å². The zero-order valence-corrected chi connectivity index (χ0v) is 16.9. The first-order valence-electron chi connectivity index (χ1n) is 9.24. The Morgan fingerprint density at radius 2 is 1.81 bits per heavy atom. The van der Waals surface area contributed by atoms with Gasteiger partial charge in [0.15, 0.2) is 0 Å². The lowest BCUT2D eigenvalue weighted by Crippen LogP contribution is -2.25. The van der Waals surface area contributed by atoms with E-state index in [1.165, 1.54) is 23.2 Å². The smallest absolute Gasteiger partial charge is 0.0726 e. The summed E-state index contributed by atoms with van der Waals surface area (Å²) in [6.45, 7) is 0.833. The lowest BCUT2D eigenvalue weighted by Gasteiger charge is -2.25. The fourth-order valence-corrected chi connectivity index (χ4v) is 3.62. The Bertz CT molecular complexity index is 852. The Labute approximate surface area is 171 Å². The lowest BCUT2D eigenvalue weighted by molar-refractivity contribution is 0.447. The summed E-state index contributed by atoms with van der Waals surface area (Å²) in [5, 5.41) is 3.67. The van der Waals surface area contributed by atoms with Crippen molar-refractivity contribution in [1.29, 1.82) is 0 Å². The second-order valence-corrected chi connectivity index (χ2v) is 6.85. The zero-order valence-electron chi connectivity index (χ0n) is 15.2. The summed E-state index contributed by atoms with van der Waals surface area (Å²) in [5.41, 5.74) is 12.1. The highest BCUT2D eigenvalue weighted by Gasteiger charge is 2.20. The summed E-state index contributed by atoms with van der Waals surface area (Å²) in [6, 6.07) is 18.7. The monoisotopic (exact) mass is 424 g/mol. The number of halogens is 1. The van der Waals surface area contributed by atoms with Gasteiger partial charge in [0.05, 0.1) is 23.5 Å². The zero-order chi connectivity index (χ0) is 17.8. The van der Waals surface area contributed by atoms with E-state index in [1.807, 2.05) is 30.5 Å². The van der Waals surface area contributed by atoms with Crippen LogP contribution < -0.4 is 11.1 Å². The fraction of sp³-hybridized carbons (Fsp3) is 0.273. The number of rotatable bonds is 5. The number of nitrogens with zero attached hydrogens (tertiary/aromatic N) is 2. The van der Waals surface area contributed by atoms with Crippen LogP contribution in [0.4, 0.5) is 0 Å². The minimum Gasteiger partial charge on any atom is -0.319 e. The van der Waals surface area contributed by atoms with Gasteiger partial charge in [-0.05, 0) is 54.2 Å². The molecule has 1 aliphatic rings. The van der Waals surface area contributed by atoms with E-state index in [2.05, 4.69) is 45.6 Å². The van der Waals surface area contributed by atoms with Crippen molar-refractivity contribution in [2.75, 3.05) is 0 Å². The number of benzene rings is 1. The van der Waals surface area contributed by atoms with E-state index in [0.29, 0.717) is 6.04 Å². The molecule has 2 aromatic heterocycles. The normalized spacial score (nSPS) is 16.9. The molecular formula is C22H25BrN4. The van der Waals surface area contributed by atoms with E-state index >= 15 is 0 Å². The molecule has 140 valence electrons. The number of pyridine rings is 2. The van der Waals surface area contributed by atoms with Crippen molar-refractivity contribution in [3.63, 3.8) is 0 Å². The van der Waals surface area contributed by atoms with Crippen molar-refractivity contribution in [3.8, 4) is 0 Å². The topological polar surface area (TPSA) is 63.8 Å². The quantitative estimate of drug-likeness (QED) is 0.641. The number of fused-ring (bicyclic) bond motifs is 1.